The number of aromatic nitrogens is 2. The van der Waals surface area contributed by atoms with Crippen LogP contribution in [0.3, 0.4) is 0 Å². The standard InChI is InChI=1S/C15H26N4/c1-3-14(16)9-13-10-17-15(18-11-13)19-7-4-5-12(2)6-8-19/h10-12,14H,3-9,16H2,1-2H3. The molecule has 1 aliphatic rings. The predicted molar refractivity (Wildman–Crippen MR) is 79.2 cm³/mol. The van der Waals surface area contributed by atoms with Gasteiger partial charge in [-0.1, -0.05) is 13.8 Å². The van der Waals surface area contributed by atoms with Crippen LogP contribution in [0.5, 0.6) is 0 Å². The largest absolute Gasteiger partial charge is 0.341 e. The Kier molecular flexibility index (Phi) is 5.14. The summed E-state index contributed by atoms with van der Waals surface area (Å²) in [5.74, 6) is 1.70. The minimum absolute atomic E-state index is 0.216. The fraction of sp³-hybridized carbons (Fsp3) is 0.733. The van der Waals surface area contributed by atoms with Gasteiger partial charge in [-0.05, 0) is 43.6 Å². The topological polar surface area (TPSA) is 55.0 Å². The van der Waals surface area contributed by atoms with Crippen molar-refractivity contribution in [3.63, 3.8) is 0 Å². The Hall–Kier alpha value is -1.16. The van der Waals surface area contributed by atoms with Crippen molar-refractivity contribution in [3.05, 3.63) is 18.0 Å². The fourth-order valence-corrected chi connectivity index (χ4v) is 2.53. The third kappa shape index (κ3) is 4.16. The Bertz CT molecular complexity index is 376. The van der Waals surface area contributed by atoms with Crippen molar-refractivity contribution in [2.24, 2.45) is 11.7 Å². The fourth-order valence-electron chi connectivity index (χ4n) is 2.53. The first kappa shape index (κ1) is 14.3. The average molecular weight is 262 g/mol. The molecule has 19 heavy (non-hydrogen) atoms. The van der Waals surface area contributed by atoms with Gasteiger partial charge < -0.3 is 10.6 Å². The lowest BCUT2D eigenvalue weighted by atomic mass is 10.0. The molecule has 0 amide bonds. The second-order valence-electron chi connectivity index (χ2n) is 5.79. The van der Waals surface area contributed by atoms with Gasteiger partial charge in [0.25, 0.3) is 0 Å². The predicted octanol–water partition coefficient (Wildman–Crippen LogP) is 2.38. The Morgan fingerprint density at radius 2 is 2.05 bits per heavy atom. The molecule has 0 radical (unpaired) electrons. The van der Waals surface area contributed by atoms with Crippen LogP contribution in [0.4, 0.5) is 5.95 Å². The summed E-state index contributed by atoms with van der Waals surface area (Å²) < 4.78 is 0. The Morgan fingerprint density at radius 1 is 1.32 bits per heavy atom. The van der Waals surface area contributed by atoms with Gasteiger partial charge in [0.05, 0.1) is 0 Å². The monoisotopic (exact) mass is 262 g/mol. The van der Waals surface area contributed by atoms with Crippen LogP contribution in [0.2, 0.25) is 0 Å². The van der Waals surface area contributed by atoms with E-state index in [9.17, 15) is 0 Å². The Labute approximate surface area is 116 Å². The smallest absolute Gasteiger partial charge is 0.225 e. The van der Waals surface area contributed by atoms with Crippen LogP contribution < -0.4 is 10.6 Å². The highest BCUT2D eigenvalue weighted by Gasteiger charge is 2.16. The van der Waals surface area contributed by atoms with E-state index >= 15 is 0 Å². The van der Waals surface area contributed by atoms with Crippen LogP contribution in [-0.4, -0.2) is 29.1 Å². The van der Waals surface area contributed by atoms with Crippen LogP contribution in [0.15, 0.2) is 12.4 Å². The summed E-state index contributed by atoms with van der Waals surface area (Å²) in [5.41, 5.74) is 7.10. The first-order chi connectivity index (χ1) is 9.19. The van der Waals surface area contributed by atoms with Crippen molar-refractivity contribution in [1.29, 1.82) is 0 Å². The highest BCUT2D eigenvalue weighted by Crippen LogP contribution is 2.19. The third-order valence-corrected chi connectivity index (χ3v) is 4.01. The second kappa shape index (κ2) is 6.85. The van der Waals surface area contributed by atoms with Crippen molar-refractivity contribution >= 4 is 5.95 Å². The van der Waals surface area contributed by atoms with Gasteiger partial charge in [-0.25, -0.2) is 9.97 Å². The molecule has 2 unspecified atom stereocenters. The summed E-state index contributed by atoms with van der Waals surface area (Å²) in [6.07, 6.45) is 9.54. The van der Waals surface area contributed by atoms with E-state index in [1.54, 1.807) is 0 Å². The molecule has 2 atom stereocenters. The number of hydrogen-bond donors (Lipinski definition) is 1. The van der Waals surface area contributed by atoms with E-state index in [0.717, 1.165) is 43.4 Å². The maximum Gasteiger partial charge on any atom is 0.225 e. The van der Waals surface area contributed by atoms with Gasteiger partial charge in [-0.15, -0.1) is 0 Å². The summed E-state index contributed by atoms with van der Waals surface area (Å²) in [6, 6.07) is 0.216. The molecule has 0 aromatic carbocycles. The number of rotatable bonds is 4. The molecule has 2 rings (SSSR count). The first-order valence-corrected chi connectivity index (χ1v) is 7.50. The SMILES string of the molecule is CCC(N)Cc1cnc(N2CCCC(C)CC2)nc1. The van der Waals surface area contributed by atoms with Crippen LogP contribution >= 0.6 is 0 Å². The van der Waals surface area contributed by atoms with E-state index < -0.39 is 0 Å². The summed E-state index contributed by atoms with van der Waals surface area (Å²) >= 11 is 0. The van der Waals surface area contributed by atoms with Crippen molar-refractivity contribution in [1.82, 2.24) is 9.97 Å². The molecule has 4 nitrogen and oxygen atoms in total. The molecule has 0 aliphatic carbocycles. The molecule has 0 saturated carbocycles. The van der Waals surface area contributed by atoms with Gasteiger partial charge in [0.2, 0.25) is 5.95 Å². The van der Waals surface area contributed by atoms with E-state index in [-0.39, 0.29) is 6.04 Å². The van der Waals surface area contributed by atoms with Gasteiger partial charge in [0.1, 0.15) is 0 Å². The third-order valence-electron chi connectivity index (χ3n) is 4.01. The molecule has 106 valence electrons. The highest BCUT2D eigenvalue weighted by atomic mass is 15.2. The zero-order chi connectivity index (χ0) is 13.7. The minimum atomic E-state index is 0.216. The molecule has 2 heterocycles. The average Bonchev–Trinajstić information content (AvgIpc) is 2.64. The molecule has 1 fully saturated rings. The van der Waals surface area contributed by atoms with E-state index in [2.05, 4.69) is 28.7 Å². The molecule has 2 N–H and O–H groups in total. The van der Waals surface area contributed by atoms with Crippen molar-refractivity contribution in [3.8, 4) is 0 Å². The molecule has 1 aromatic heterocycles. The molecular weight excluding hydrogens is 236 g/mol. The van der Waals surface area contributed by atoms with Crippen LogP contribution in [0, 0.1) is 5.92 Å². The van der Waals surface area contributed by atoms with Crippen molar-refractivity contribution in [2.75, 3.05) is 18.0 Å². The number of hydrogen-bond acceptors (Lipinski definition) is 4. The van der Waals surface area contributed by atoms with Gasteiger partial charge in [-0.3, -0.25) is 0 Å². The molecule has 1 saturated heterocycles. The van der Waals surface area contributed by atoms with Crippen LogP contribution in [-0.2, 0) is 6.42 Å². The maximum absolute atomic E-state index is 5.96. The van der Waals surface area contributed by atoms with Crippen molar-refractivity contribution < 1.29 is 0 Å². The molecule has 1 aliphatic heterocycles. The van der Waals surface area contributed by atoms with Crippen LogP contribution in [0.1, 0.15) is 45.1 Å². The van der Waals surface area contributed by atoms with Crippen molar-refractivity contribution in [2.45, 2.75) is 52.0 Å². The lowest BCUT2D eigenvalue weighted by Crippen LogP contribution is -2.26. The van der Waals surface area contributed by atoms with E-state index in [1.807, 2.05) is 12.4 Å². The quantitative estimate of drug-likeness (QED) is 0.905. The number of nitrogens with zero attached hydrogens (tertiary/aromatic N) is 3. The lowest BCUT2D eigenvalue weighted by molar-refractivity contribution is 0.521. The number of nitrogens with two attached hydrogens (primary N) is 1. The van der Waals surface area contributed by atoms with E-state index in [1.165, 1.54) is 19.3 Å². The lowest BCUT2D eigenvalue weighted by Gasteiger charge is -2.20. The summed E-state index contributed by atoms with van der Waals surface area (Å²) in [7, 11) is 0. The van der Waals surface area contributed by atoms with Gasteiger partial charge >= 0.3 is 0 Å². The number of anilines is 1. The summed E-state index contributed by atoms with van der Waals surface area (Å²) in [5, 5.41) is 0. The maximum atomic E-state index is 5.96. The zero-order valence-corrected chi connectivity index (χ0v) is 12.2. The molecule has 1 aromatic rings. The van der Waals surface area contributed by atoms with Gasteiger partial charge in [0.15, 0.2) is 0 Å². The zero-order valence-electron chi connectivity index (χ0n) is 12.2. The van der Waals surface area contributed by atoms with E-state index in [4.69, 9.17) is 5.73 Å². The summed E-state index contributed by atoms with van der Waals surface area (Å²) in [6.45, 7) is 6.60. The first-order valence-electron chi connectivity index (χ1n) is 7.50. The second-order valence-corrected chi connectivity index (χ2v) is 5.79. The Morgan fingerprint density at radius 3 is 2.74 bits per heavy atom. The van der Waals surface area contributed by atoms with Gasteiger partial charge in [0, 0.05) is 31.5 Å². The minimum Gasteiger partial charge on any atom is -0.341 e. The van der Waals surface area contributed by atoms with E-state index in [0.29, 0.717) is 0 Å². The Balaban J connectivity index is 1.97. The van der Waals surface area contributed by atoms with Crippen LogP contribution in [0.25, 0.3) is 0 Å². The normalized spacial score (nSPS) is 22.1. The molecule has 4 heteroatoms. The highest BCUT2D eigenvalue weighted by molar-refractivity contribution is 5.30. The molecular formula is C15H26N4. The van der Waals surface area contributed by atoms with Gasteiger partial charge in [-0.2, -0.15) is 0 Å². The molecule has 0 bridgehead atoms. The summed E-state index contributed by atoms with van der Waals surface area (Å²) in [4.78, 5) is 11.3. The molecule has 0 spiro atoms.